The fourth-order valence-corrected chi connectivity index (χ4v) is 2.21. The van der Waals surface area contributed by atoms with Gasteiger partial charge in [0.05, 0.1) is 19.8 Å². The zero-order valence-corrected chi connectivity index (χ0v) is 10.2. The molecule has 0 aromatic carbocycles. The summed E-state index contributed by atoms with van der Waals surface area (Å²) in [7, 11) is 0. The molecule has 0 saturated carbocycles. The van der Waals surface area contributed by atoms with Crippen LogP contribution in [0.3, 0.4) is 0 Å². The van der Waals surface area contributed by atoms with Crippen molar-refractivity contribution in [1.82, 2.24) is 9.88 Å². The van der Waals surface area contributed by atoms with Crippen LogP contribution >= 0.6 is 11.3 Å². The second-order valence-corrected chi connectivity index (χ2v) is 4.60. The third-order valence-electron chi connectivity index (χ3n) is 2.38. The van der Waals surface area contributed by atoms with Crippen LogP contribution in [0.5, 0.6) is 0 Å². The van der Waals surface area contributed by atoms with Gasteiger partial charge in [0.25, 0.3) is 0 Å². The summed E-state index contributed by atoms with van der Waals surface area (Å²) < 4.78 is 5.25. The second-order valence-electron chi connectivity index (χ2n) is 3.66. The first-order valence-corrected chi connectivity index (χ1v) is 6.17. The van der Waals surface area contributed by atoms with E-state index in [-0.39, 0.29) is 0 Å². The minimum absolute atomic E-state index is 0.571. The monoisotopic (exact) mass is 240 g/mol. The molecule has 0 bridgehead atoms. The standard InChI is InChI=1S/C10H16N4OS/c1-8-7-16-9(13-8)6-12-10(11)14-2-4-15-5-3-14/h7H,2-6H2,1H3,(H2,11,12). The minimum atomic E-state index is 0.571. The first kappa shape index (κ1) is 11.3. The summed E-state index contributed by atoms with van der Waals surface area (Å²) in [4.78, 5) is 10.7. The van der Waals surface area contributed by atoms with Gasteiger partial charge in [-0.3, -0.25) is 0 Å². The maximum atomic E-state index is 5.90. The summed E-state index contributed by atoms with van der Waals surface area (Å²) in [6.45, 7) is 5.66. The molecule has 16 heavy (non-hydrogen) atoms. The number of nitrogens with two attached hydrogens (primary N) is 1. The van der Waals surface area contributed by atoms with Gasteiger partial charge in [0, 0.05) is 24.2 Å². The number of hydrogen-bond acceptors (Lipinski definition) is 4. The van der Waals surface area contributed by atoms with Crippen molar-refractivity contribution in [2.45, 2.75) is 13.5 Å². The normalized spacial score (nSPS) is 17.8. The molecule has 1 aromatic rings. The van der Waals surface area contributed by atoms with Gasteiger partial charge >= 0.3 is 0 Å². The zero-order chi connectivity index (χ0) is 11.4. The van der Waals surface area contributed by atoms with E-state index in [0.717, 1.165) is 37.0 Å². The number of morpholine rings is 1. The summed E-state index contributed by atoms with van der Waals surface area (Å²) in [5, 5.41) is 3.03. The van der Waals surface area contributed by atoms with Gasteiger partial charge in [0.2, 0.25) is 0 Å². The van der Waals surface area contributed by atoms with Crippen LogP contribution in [0.2, 0.25) is 0 Å². The highest BCUT2D eigenvalue weighted by atomic mass is 32.1. The van der Waals surface area contributed by atoms with E-state index in [1.54, 1.807) is 11.3 Å². The Kier molecular flexibility index (Phi) is 3.74. The molecule has 88 valence electrons. The molecule has 1 aromatic heterocycles. The Morgan fingerprint density at radius 2 is 2.38 bits per heavy atom. The molecule has 1 aliphatic rings. The molecule has 2 rings (SSSR count). The largest absolute Gasteiger partial charge is 0.378 e. The lowest BCUT2D eigenvalue weighted by molar-refractivity contribution is 0.0674. The summed E-state index contributed by atoms with van der Waals surface area (Å²) in [5.41, 5.74) is 6.94. The minimum Gasteiger partial charge on any atom is -0.378 e. The number of aromatic nitrogens is 1. The van der Waals surface area contributed by atoms with Crippen molar-refractivity contribution in [3.8, 4) is 0 Å². The van der Waals surface area contributed by atoms with E-state index in [4.69, 9.17) is 10.5 Å². The highest BCUT2D eigenvalue weighted by molar-refractivity contribution is 7.09. The summed E-state index contributed by atoms with van der Waals surface area (Å²) in [5.74, 6) is 0.594. The third kappa shape index (κ3) is 2.93. The third-order valence-corrected chi connectivity index (χ3v) is 3.33. The fraction of sp³-hybridized carbons (Fsp3) is 0.600. The molecule has 5 nitrogen and oxygen atoms in total. The topological polar surface area (TPSA) is 63.7 Å². The van der Waals surface area contributed by atoms with Crippen molar-refractivity contribution in [1.29, 1.82) is 0 Å². The van der Waals surface area contributed by atoms with E-state index in [1.165, 1.54) is 0 Å². The fourth-order valence-electron chi connectivity index (χ4n) is 1.52. The molecule has 0 amide bonds. The van der Waals surface area contributed by atoms with Gasteiger partial charge in [-0.2, -0.15) is 0 Å². The number of thiazole rings is 1. The van der Waals surface area contributed by atoms with Crippen molar-refractivity contribution in [2.24, 2.45) is 10.7 Å². The van der Waals surface area contributed by atoms with Crippen LogP contribution in [0, 0.1) is 6.92 Å². The van der Waals surface area contributed by atoms with Crippen LogP contribution in [-0.2, 0) is 11.3 Å². The predicted molar refractivity (Wildman–Crippen MR) is 64.6 cm³/mol. The lowest BCUT2D eigenvalue weighted by Crippen LogP contribution is -2.44. The molecule has 1 aliphatic heterocycles. The summed E-state index contributed by atoms with van der Waals surface area (Å²) >= 11 is 1.62. The number of guanidine groups is 1. The molecule has 0 spiro atoms. The quantitative estimate of drug-likeness (QED) is 0.607. The van der Waals surface area contributed by atoms with E-state index in [0.29, 0.717) is 12.5 Å². The number of aliphatic imine (C=N–C) groups is 1. The molecular formula is C10H16N4OS. The lowest BCUT2D eigenvalue weighted by Gasteiger charge is -2.27. The molecule has 0 atom stereocenters. The second kappa shape index (κ2) is 5.27. The van der Waals surface area contributed by atoms with Crippen LogP contribution in [0.4, 0.5) is 0 Å². The van der Waals surface area contributed by atoms with Crippen LogP contribution < -0.4 is 5.73 Å². The van der Waals surface area contributed by atoms with Gasteiger partial charge in [-0.25, -0.2) is 9.98 Å². The van der Waals surface area contributed by atoms with Crippen LogP contribution in [0.1, 0.15) is 10.7 Å². The maximum Gasteiger partial charge on any atom is 0.191 e. The lowest BCUT2D eigenvalue weighted by atomic mass is 10.4. The molecule has 6 heteroatoms. The predicted octanol–water partition coefficient (Wildman–Crippen LogP) is 0.598. The number of ether oxygens (including phenoxy) is 1. The van der Waals surface area contributed by atoms with Crippen LogP contribution in [0.25, 0.3) is 0 Å². The van der Waals surface area contributed by atoms with Crippen LogP contribution in [0.15, 0.2) is 10.4 Å². The highest BCUT2D eigenvalue weighted by Gasteiger charge is 2.11. The number of aryl methyl sites for hydroxylation is 1. The Morgan fingerprint density at radius 3 is 3.00 bits per heavy atom. The average Bonchev–Trinajstić information content (AvgIpc) is 2.73. The average molecular weight is 240 g/mol. The Balaban J connectivity index is 1.90. The number of nitrogens with zero attached hydrogens (tertiary/aromatic N) is 3. The van der Waals surface area contributed by atoms with E-state index in [1.807, 2.05) is 17.2 Å². The van der Waals surface area contributed by atoms with Gasteiger partial charge in [0.1, 0.15) is 5.01 Å². The Bertz CT molecular complexity index is 371. The highest BCUT2D eigenvalue weighted by Crippen LogP contribution is 2.09. The first-order chi connectivity index (χ1) is 7.75. The Labute approximate surface area is 98.9 Å². The molecule has 0 radical (unpaired) electrons. The molecule has 2 heterocycles. The molecular weight excluding hydrogens is 224 g/mol. The van der Waals surface area contributed by atoms with Gasteiger partial charge in [-0.05, 0) is 6.92 Å². The molecule has 1 fully saturated rings. The van der Waals surface area contributed by atoms with Gasteiger partial charge in [-0.1, -0.05) is 0 Å². The van der Waals surface area contributed by atoms with Crippen LogP contribution in [-0.4, -0.2) is 42.1 Å². The zero-order valence-electron chi connectivity index (χ0n) is 9.35. The van der Waals surface area contributed by atoms with E-state index < -0.39 is 0 Å². The Hall–Kier alpha value is -1.14. The van der Waals surface area contributed by atoms with Crippen molar-refractivity contribution in [3.63, 3.8) is 0 Å². The van der Waals surface area contributed by atoms with Gasteiger partial charge < -0.3 is 15.4 Å². The molecule has 0 unspecified atom stereocenters. The maximum absolute atomic E-state index is 5.90. The molecule has 1 saturated heterocycles. The van der Waals surface area contributed by atoms with E-state index in [9.17, 15) is 0 Å². The van der Waals surface area contributed by atoms with Crippen molar-refractivity contribution < 1.29 is 4.74 Å². The van der Waals surface area contributed by atoms with Gasteiger partial charge in [-0.15, -0.1) is 11.3 Å². The SMILES string of the molecule is Cc1csc(CN=C(N)N2CCOCC2)n1. The summed E-state index contributed by atoms with van der Waals surface area (Å²) in [6.07, 6.45) is 0. The smallest absolute Gasteiger partial charge is 0.191 e. The Morgan fingerprint density at radius 1 is 1.62 bits per heavy atom. The first-order valence-electron chi connectivity index (χ1n) is 5.29. The van der Waals surface area contributed by atoms with Gasteiger partial charge in [0.15, 0.2) is 5.96 Å². The molecule has 0 aliphatic carbocycles. The number of rotatable bonds is 2. The number of hydrogen-bond donors (Lipinski definition) is 1. The van der Waals surface area contributed by atoms with Crippen molar-refractivity contribution >= 4 is 17.3 Å². The molecule has 2 N–H and O–H groups in total. The summed E-state index contributed by atoms with van der Waals surface area (Å²) in [6, 6.07) is 0. The van der Waals surface area contributed by atoms with E-state index >= 15 is 0 Å². The van der Waals surface area contributed by atoms with Crippen molar-refractivity contribution in [3.05, 3.63) is 16.1 Å². The van der Waals surface area contributed by atoms with Crippen molar-refractivity contribution in [2.75, 3.05) is 26.3 Å². The van der Waals surface area contributed by atoms with E-state index in [2.05, 4.69) is 9.98 Å².